The van der Waals surface area contributed by atoms with Gasteiger partial charge in [0.15, 0.2) is 0 Å². The molecule has 0 radical (unpaired) electrons. The summed E-state index contributed by atoms with van der Waals surface area (Å²) in [4.78, 5) is 2.71. The Hall–Kier alpha value is -1.02. The summed E-state index contributed by atoms with van der Waals surface area (Å²) in [5, 5.41) is 9.32. The van der Waals surface area contributed by atoms with Crippen LogP contribution >= 0.6 is 27.5 Å². The molecule has 0 bridgehead atoms. The Morgan fingerprint density at radius 1 is 1.42 bits per heavy atom. The third kappa shape index (κ3) is 3.11. The quantitative estimate of drug-likeness (QED) is 0.779. The van der Waals surface area contributed by atoms with Crippen LogP contribution in [0.4, 0.5) is 5.69 Å². The molecule has 0 spiro atoms. The van der Waals surface area contributed by atoms with E-state index in [1.807, 2.05) is 0 Å². The Balaban J connectivity index is 2.33. The van der Waals surface area contributed by atoms with Crippen LogP contribution in [-0.4, -0.2) is 18.5 Å². The first-order chi connectivity index (χ1) is 8.94. The third-order valence-corrected chi connectivity index (χ3v) is 5.14. The van der Waals surface area contributed by atoms with E-state index < -0.39 is 10.0 Å². The van der Waals surface area contributed by atoms with Crippen molar-refractivity contribution in [1.82, 2.24) is 4.98 Å². The number of halogens is 2. The van der Waals surface area contributed by atoms with Crippen LogP contribution in [0.1, 0.15) is 5.69 Å². The van der Waals surface area contributed by atoms with Crippen molar-refractivity contribution in [2.45, 2.75) is 11.5 Å². The maximum Gasteiger partial charge on any atom is 0.263 e. The van der Waals surface area contributed by atoms with Crippen molar-refractivity contribution in [3.05, 3.63) is 45.7 Å². The van der Waals surface area contributed by atoms with Crippen LogP contribution < -0.4 is 4.72 Å². The number of H-pyrrole nitrogens is 1. The van der Waals surface area contributed by atoms with Crippen LogP contribution in [0.5, 0.6) is 0 Å². The molecule has 1 heterocycles. The molecule has 0 atom stereocenters. The highest BCUT2D eigenvalue weighted by Crippen LogP contribution is 2.31. The largest absolute Gasteiger partial charge is 0.390 e. The minimum Gasteiger partial charge on any atom is -0.390 e. The van der Waals surface area contributed by atoms with Gasteiger partial charge in [0.1, 0.15) is 4.90 Å². The van der Waals surface area contributed by atoms with Crippen LogP contribution in [0.15, 0.2) is 39.8 Å². The Labute approximate surface area is 123 Å². The number of nitrogens with one attached hydrogen (secondary N) is 2. The first-order valence-corrected chi connectivity index (χ1v) is 7.84. The highest BCUT2D eigenvalue weighted by Gasteiger charge is 2.17. The molecule has 1 aromatic carbocycles. The van der Waals surface area contributed by atoms with Crippen LogP contribution in [0.2, 0.25) is 5.02 Å². The molecule has 0 aliphatic rings. The summed E-state index contributed by atoms with van der Waals surface area (Å²) < 4.78 is 27.1. The number of aromatic amines is 1. The maximum atomic E-state index is 12.1. The van der Waals surface area contributed by atoms with Crippen LogP contribution in [0.3, 0.4) is 0 Å². The summed E-state index contributed by atoms with van der Waals surface area (Å²) in [6.07, 6.45) is 1.31. The van der Waals surface area contributed by atoms with E-state index in [4.69, 9.17) is 16.7 Å². The Bertz CT molecular complexity index is 700. The van der Waals surface area contributed by atoms with Gasteiger partial charge < -0.3 is 10.1 Å². The van der Waals surface area contributed by atoms with Gasteiger partial charge in [0.25, 0.3) is 10.0 Å². The lowest BCUT2D eigenvalue weighted by Gasteiger charge is -2.09. The molecular formula is C11H10BrClN2O3S. The van der Waals surface area contributed by atoms with Crippen molar-refractivity contribution in [2.75, 3.05) is 4.72 Å². The van der Waals surface area contributed by atoms with Gasteiger partial charge in [-0.2, -0.15) is 0 Å². The SMILES string of the molecule is O=S(=O)(Nc1cccc(Cl)c1Br)c1c[nH]c(CO)c1. The van der Waals surface area contributed by atoms with E-state index in [2.05, 4.69) is 25.6 Å². The van der Waals surface area contributed by atoms with E-state index >= 15 is 0 Å². The molecule has 102 valence electrons. The van der Waals surface area contributed by atoms with E-state index in [0.29, 0.717) is 20.9 Å². The van der Waals surface area contributed by atoms with Crippen LogP contribution in [0, 0.1) is 0 Å². The summed E-state index contributed by atoms with van der Waals surface area (Å²) in [5.41, 5.74) is 0.768. The van der Waals surface area contributed by atoms with Crippen molar-refractivity contribution in [2.24, 2.45) is 0 Å². The molecule has 0 amide bonds. The fourth-order valence-corrected chi connectivity index (χ4v) is 3.21. The Morgan fingerprint density at radius 2 is 2.16 bits per heavy atom. The molecule has 0 saturated heterocycles. The zero-order valence-electron chi connectivity index (χ0n) is 9.52. The molecule has 2 rings (SSSR count). The number of hydrogen-bond donors (Lipinski definition) is 3. The lowest BCUT2D eigenvalue weighted by atomic mass is 10.3. The standard InChI is InChI=1S/C11H10BrClN2O3S/c12-11-9(13)2-1-3-10(11)15-19(17,18)8-4-7(6-16)14-5-8/h1-5,14-16H,6H2. The van der Waals surface area contributed by atoms with E-state index in [1.54, 1.807) is 18.2 Å². The van der Waals surface area contributed by atoms with Gasteiger partial charge >= 0.3 is 0 Å². The summed E-state index contributed by atoms with van der Waals surface area (Å²) in [7, 11) is -3.72. The number of aromatic nitrogens is 1. The van der Waals surface area contributed by atoms with E-state index in [9.17, 15) is 8.42 Å². The predicted molar refractivity (Wildman–Crippen MR) is 76.7 cm³/mol. The summed E-state index contributed by atoms with van der Waals surface area (Å²) in [6.45, 7) is -0.254. The molecule has 0 aliphatic carbocycles. The van der Waals surface area contributed by atoms with Gasteiger partial charge in [0.05, 0.1) is 21.8 Å². The smallest absolute Gasteiger partial charge is 0.263 e. The molecule has 19 heavy (non-hydrogen) atoms. The average Bonchev–Trinajstić information content (AvgIpc) is 2.84. The zero-order chi connectivity index (χ0) is 14.0. The predicted octanol–water partition coefficient (Wildman–Crippen LogP) is 2.72. The second-order valence-electron chi connectivity index (χ2n) is 3.73. The van der Waals surface area contributed by atoms with E-state index in [-0.39, 0.29) is 11.5 Å². The van der Waals surface area contributed by atoms with E-state index in [0.717, 1.165) is 0 Å². The number of sulfonamides is 1. The second-order valence-corrected chi connectivity index (χ2v) is 6.61. The van der Waals surface area contributed by atoms with Gasteiger partial charge in [-0.05, 0) is 34.1 Å². The second kappa shape index (κ2) is 5.54. The molecule has 1 aromatic heterocycles. The van der Waals surface area contributed by atoms with Crippen molar-refractivity contribution in [1.29, 1.82) is 0 Å². The number of hydrogen-bond acceptors (Lipinski definition) is 3. The Kier molecular flexibility index (Phi) is 4.19. The minimum absolute atomic E-state index is 0.0448. The molecule has 8 heteroatoms. The molecule has 0 saturated carbocycles. The van der Waals surface area contributed by atoms with Gasteiger partial charge in [0.2, 0.25) is 0 Å². The summed E-state index contributed by atoms with van der Waals surface area (Å²) in [6, 6.07) is 6.23. The van der Waals surface area contributed by atoms with Crippen molar-refractivity contribution >= 4 is 43.2 Å². The molecule has 5 nitrogen and oxygen atoms in total. The van der Waals surface area contributed by atoms with Gasteiger partial charge in [-0.15, -0.1) is 0 Å². The van der Waals surface area contributed by atoms with Crippen LogP contribution in [-0.2, 0) is 16.6 Å². The zero-order valence-corrected chi connectivity index (χ0v) is 12.7. The first-order valence-electron chi connectivity index (χ1n) is 5.19. The highest BCUT2D eigenvalue weighted by molar-refractivity contribution is 9.10. The van der Waals surface area contributed by atoms with Gasteiger partial charge in [-0.25, -0.2) is 8.42 Å². The fraction of sp³-hybridized carbons (Fsp3) is 0.0909. The average molecular weight is 366 g/mol. The number of anilines is 1. The molecular weight excluding hydrogens is 356 g/mol. The lowest BCUT2D eigenvalue weighted by Crippen LogP contribution is -2.12. The first kappa shape index (κ1) is 14.4. The normalized spacial score (nSPS) is 11.5. The van der Waals surface area contributed by atoms with Gasteiger partial charge in [0, 0.05) is 11.9 Å². The lowest BCUT2D eigenvalue weighted by molar-refractivity contribution is 0.277. The van der Waals surface area contributed by atoms with Crippen molar-refractivity contribution in [3.8, 4) is 0 Å². The van der Waals surface area contributed by atoms with Crippen molar-refractivity contribution < 1.29 is 13.5 Å². The van der Waals surface area contributed by atoms with E-state index in [1.165, 1.54) is 12.3 Å². The fourth-order valence-electron chi connectivity index (χ4n) is 1.45. The highest BCUT2D eigenvalue weighted by atomic mass is 79.9. The number of benzene rings is 1. The monoisotopic (exact) mass is 364 g/mol. The minimum atomic E-state index is -3.72. The number of rotatable bonds is 4. The summed E-state index contributed by atoms with van der Waals surface area (Å²) in [5.74, 6) is 0. The van der Waals surface area contributed by atoms with Gasteiger partial charge in [-0.1, -0.05) is 17.7 Å². The third-order valence-electron chi connectivity index (χ3n) is 2.39. The molecule has 0 fully saturated rings. The van der Waals surface area contributed by atoms with Crippen LogP contribution in [0.25, 0.3) is 0 Å². The van der Waals surface area contributed by atoms with Crippen molar-refractivity contribution in [3.63, 3.8) is 0 Å². The topological polar surface area (TPSA) is 82.2 Å². The van der Waals surface area contributed by atoms with Gasteiger partial charge in [-0.3, -0.25) is 4.72 Å². The number of aliphatic hydroxyl groups excluding tert-OH is 1. The Morgan fingerprint density at radius 3 is 2.79 bits per heavy atom. The summed E-state index contributed by atoms with van der Waals surface area (Å²) >= 11 is 9.11. The maximum absolute atomic E-state index is 12.1. The number of aliphatic hydroxyl groups is 1. The molecule has 0 aliphatic heterocycles. The molecule has 0 unspecified atom stereocenters. The molecule has 2 aromatic rings. The molecule has 3 N–H and O–H groups in total.